The van der Waals surface area contributed by atoms with Crippen LogP contribution >= 0.6 is 0 Å². The van der Waals surface area contributed by atoms with Crippen LogP contribution in [0.4, 0.5) is 16.2 Å². The van der Waals surface area contributed by atoms with Crippen molar-refractivity contribution in [1.29, 1.82) is 0 Å². The normalized spacial score (nSPS) is 10.6. The molecule has 1 rings (SSSR count). The summed E-state index contributed by atoms with van der Waals surface area (Å²) in [7, 11) is 0. The van der Waals surface area contributed by atoms with Gasteiger partial charge in [-0.25, -0.2) is 4.79 Å². The lowest BCUT2D eigenvalue weighted by atomic mass is 10.1. The van der Waals surface area contributed by atoms with Gasteiger partial charge in [0.25, 0.3) is 0 Å². The fraction of sp³-hybridized carbons (Fsp3) is 0.467. The van der Waals surface area contributed by atoms with Gasteiger partial charge in [-0.05, 0) is 44.5 Å². The molecule has 2 N–H and O–H groups in total. The summed E-state index contributed by atoms with van der Waals surface area (Å²) >= 11 is 0. The quantitative estimate of drug-likeness (QED) is 0.885. The smallest absolute Gasteiger partial charge is 0.411 e. The number of rotatable bonds is 4. The van der Waals surface area contributed by atoms with E-state index >= 15 is 0 Å². The van der Waals surface area contributed by atoms with Crippen molar-refractivity contribution in [3.8, 4) is 0 Å². The molecule has 0 saturated carbocycles. The molecule has 0 aliphatic heterocycles. The zero-order valence-corrected chi connectivity index (χ0v) is 12.6. The Bertz CT molecular complexity index is 496. The monoisotopic (exact) mass is 278 g/mol. The van der Waals surface area contributed by atoms with Crippen molar-refractivity contribution in [3.63, 3.8) is 0 Å². The summed E-state index contributed by atoms with van der Waals surface area (Å²) in [6.45, 7) is 9.10. The van der Waals surface area contributed by atoms with Crippen molar-refractivity contribution in [3.05, 3.63) is 23.8 Å². The van der Waals surface area contributed by atoms with E-state index in [1.54, 1.807) is 19.9 Å². The first-order valence-electron chi connectivity index (χ1n) is 6.68. The molecule has 0 spiro atoms. The number of amides is 2. The topological polar surface area (TPSA) is 67.4 Å². The van der Waals surface area contributed by atoms with Crippen molar-refractivity contribution in [1.82, 2.24) is 0 Å². The lowest BCUT2D eigenvalue weighted by Gasteiger charge is -2.13. The lowest BCUT2D eigenvalue weighted by molar-refractivity contribution is -0.118. The number of ether oxygens (including phenoxy) is 1. The van der Waals surface area contributed by atoms with Gasteiger partial charge < -0.3 is 10.1 Å². The van der Waals surface area contributed by atoms with Crippen LogP contribution < -0.4 is 10.6 Å². The molecule has 0 unspecified atom stereocenters. The van der Waals surface area contributed by atoms with Crippen molar-refractivity contribution in [2.24, 2.45) is 5.92 Å². The van der Waals surface area contributed by atoms with Gasteiger partial charge >= 0.3 is 6.09 Å². The van der Waals surface area contributed by atoms with Gasteiger partial charge in [0, 0.05) is 17.3 Å². The van der Waals surface area contributed by atoms with E-state index in [2.05, 4.69) is 10.6 Å². The van der Waals surface area contributed by atoms with E-state index in [4.69, 9.17) is 4.74 Å². The number of anilines is 2. The van der Waals surface area contributed by atoms with E-state index in [0.717, 1.165) is 5.56 Å². The number of carbonyl (C=O) groups excluding carboxylic acids is 2. The molecule has 110 valence electrons. The molecular weight excluding hydrogens is 256 g/mol. The molecular formula is C15H22N2O3. The molecule has 0 fully saturated rings. The van der Waals surface area contributed by atoms with Crippen LogP contribution in [-0.4, -0.2) is 18.1 Å². The first kappa shape index (κ1) is 16.0. The van der Waals surface area contributed by atoms with Crippen LogP contribution in [0.25, 0.3) is 0 Å². The molecule has 0 radical (unpaired) electrons. The third-order valence-electron chi connectivity index (χ3n) is 2.46. The fourth-order valence-electron chi connectivity index (χ4n) is 1.58. The fourth-order valence-corrected chi connectivity index (χ4v) is 1.58. The molecule has 2 amide bonds. The van der Waals surface area contributed by atoms with Crippen LogP contribution in [0, 0.1) is 12.8 Å². The second kappa shape index (κ2) is 6.93. The summed E-state index contributed by atoms with van der Waals surface area (Å²) in [5, 5.41) is 5.45. The Morgan fingerprint density at radius 3 is 2.05 bits per heavy atom. The molecule has 0 aromatic heterocycles. The SMILES string of the molecule is Cc1cc(NC(=O)OC(C)C)cc(NC(=O)C(C)C)c1. The summed E-state index contributed by atoms with van der Waals surface area (Å²) in [6, 6.07) is 5.36. The zero-order valence-electron chi connectivity index (χ0n) is 12.6. The number of carbonyl (C=O) groups is 2. The van der Waals surface area contributed by atoms with E-state index < -0.39 is 6.09 Å². The van der Waals surface area contributed by atoms with Gasteiger partial charge in [0.05, 0.1) is 6.10 Å². The Kier molecular flexibility index (Phi) is 5.55. The summed E-state index contributed by atoms with van der Waals surface area (Å²) in [5.41, 5.74) is 2.18. The van der Waals surface area contributed by atoms with E-state index in [9.17, 15) is 9.59 Å². The first-order chi connectivity index (χ1) is 9.27. The number of benzene rings is 1. The maximum absolute atomic E-state index is 11.7. The first-order valence-corrected chi connectivity index (χ1v) is 6.68. The molecule has 5 heteroatoms. The second-order valence-electron chi connectivity index (χ2n) is 5.31. The van der Waals surface area contributed by atoms with E-state index in [1.807, 2.05) is 32.9 Å². The minimum Gasteiger partial charge on any atom is -0.447 e. The van der Waals surface area contributed by atoms with Gasteiger partial charge in [-0.1, -0.05) is 13.8 Å². The minimum absolute atomic E-state index is 0.0636. The number of hydrogen-bond donors (Lipinski definition) is 2. The van der Waals surface area contributed by atoms with Crippen molar-refractivity contribution >= 4 is 23.4 Å². The van der Waals surface area contributed by atoms with E-state index in [-0.39, 0.29) is 17.9 Å². The molecule has 20 heavy (non-hydrogen) atoms. The Balaban J connectivity index is 2.81. The lowest BCUT2D eigenvalue weighted by Crippen LogP contribution is -2.19. The van der Waals surface area contributed by atoms with Crippen LogP contribution in [0.2, 0.25) is 0 Å². The highest BCUT2D eigenvalue weighted by Crippen LogP contribution is 2.19. The highest BCUT2D eigenvalue weighted by atomic mass is 16.6. The zero-order chi connectivity index (χ0) is 15.3. The van der Waals surface area contributed by atoms with Gasteiger partial charge in [0.2, 0.25) is 5.91 Å². The van der Waals surface area contributed by atoms with Crippen LogP contribution in [0.15, 0.2) is 18.2 Å². The third kappa shape index (κ3) is 5.30. The molecule has 1 aromatic carbocycles. The average Bonchev–Trinajstić information content (AvgIpc) is 2.26. The minimum atomic E-state index is -0.508. The van der Waals surface area contributed by atoms with Gasteiger partial charge in [-0.15, -0.1) is 0 Å². The molecule has 0 heterocycles. The van der Waals surface area contributed by atoms with Gasteiger partial charge in [-0.3, -0.25) is 10.1 Å². The molecule has 0 aliphatic carbocycles. The number of aryl methyl sites for hydroxylation is 1. The van der Waals surface area contributed by atoms with Crippen molar-refractivity contribution in [2.75, 3.05) is 10.6 Å². The summed E-state index contributed by atoms with van der Waals surface area (Å²) < 4.78 is 5.02. The predicted octanol–water partition coefficient (Wildman–Crippen LogP) is 3.55. The second-order valence-corrected chi connectivity index (χ2v) is 5.31. The van der Waals surface area contributed by atoms with Gasteiger partial charge in [0.15, 0.2) is 0 Å². The van der Waals surface area contributed by atoms with Crippen molar-refractivity contribution in [2.45, 2.75) is 40.7 Å². The molecule has 5 nitrogen and oxygen atoms in total. The Labute approximate surface area is 119 Å². The van der Waals surface area contributed by atoms with Gasteiger partial charge in [0.1, 0.15) is 0 Å². The summed E-state index contributed by atoms with van der Waals surface area (Å²) in [6.07, 6.45) is -0.688. The highest BCUT2D eigenvalue weighted by Gasteiger charge is 2.10. The number of hydrogen-bond acceptors (Lipinski definition) is 3. The van der Waals surface area contributed by atoms with E-state index in [0.29, 0.717) is 11.4 Å². The molecule has 0 atom stereocenters. The number of nitrogens with one attached hydrogen (secondary N) is 2. The predicted molar refractivity (Wildman–Crippen MR) is 79.9 cm³/mol. The Hall–Kier alpha value is -2.04. The summed E-state index contributed by atoms with van der Waals surface area (Å²) in [5.74, 6) is -0.163. The van der Waals surface area contributed by atoms with Gasteiger partial charge in [-0.2, -0.15) is 0 Å². The molecule has 0 aliphatic rings. The standard InChI is InChI=1S/C15H22N2O3/c1-9(2)14(18)16-12-6-11(5)7-13(8-12)17-15(19)20-10(3)4/h6-10H,1-5H3,(H,16,18)(H,17,19). The summed E-state index contributed by atoms with van der Waals surface area (Å²) in [4.78, 5) is 23.2. The maximum Gasteiger partial charge on any atom is 0.411 e. The van der Waals surface area contributed by atoms with Crippen LogP contribution in [0.3, 0.4) is 0 Å². The Morgan fingerprint density at radius 1 is 1.00 bits per heavy atom. The van der Waals surface area contributed by atoms with Crippen molar-refractivity contribution < 1.29 is 14.3 Å². The third-order valence-corrected chi connectivity index (χ3v) is 2.46. The Morgan fingerprint density at radius 2 is 1.55 bits per heavy atom. The van der Waals surface area contributed by atoms with Crippen LogP contribution in [0.5, 0.6) is 0 Å². The molecule has 1 aromatic rings. The molecule has 0 saturated heterocycles. The maximum atomic E-state index is 11.7. The van der Waals surface area contributed by atoms with E-state index in [1.165, 1.54) is 0 Å². The molecule has 0 bridgehead atoms. The van der Waals surface area contributed by atoms with Crippen LogP contribution in [0.1, 0.15) is 33.3 Å². The average molecular weight is 278 g/mol. The highest BCUT2D eigenvalue weighted by molar-refractivity contribution is 5.93. The largest absolute Gasteiger partial charge is 0.447 e. The van der Waals surface area contributed by atoms with Crippen LogP contribution in [-0.2, 0) is 9.53 Å².